The lowest BCUT2D eigenvalue weighted by atomic mass is 9.96. The van der Waals surface area contributed by atoms with Crippen molar-refractivity contribution >= 4 is 17.1 Å². The molecule has 26 heavy (non-hydrogen) atoms. The molecule has 2 aromatic carbocycles. The van der Waals surface area contributed by atoms with Crippen molar-refractivity contribution in [2.75, 3.05) is 42.5 Å². The van der Waals surface area contributed by atoms with Crippen molar-refractivity contribution in [3.8, 4) is 0 Å². The predicted octanol–water partition coefficient (Wildman–Crippen LogP) is 4.26. The summed E-state index contributed by atoms with van der Waals surface area (Å²) in [6.45, 7) is 9.38. The molecule has 0 spiro atoms. The molecule has 1 fully saturated rings. The van der Waals surface area contributed by atoms with Crippen molar-refractivity contribution in [3.63, 3.8) is 0 Å². The molecule has 1 saturated heterocycles. The Labute approximate surface area is 153 Å². The summed E-state index contributed by atoms with van der Waals surface area (Å²) < 4.78 is 27.2. The number of hydrogen-bond acceptors (Lipinski definition) is 3. The first-order valence-corrected chi connectivity index (χ1v) is 9.33. The van der Waals surface area contributed by atoms with E-state index in [0.29, 0.717) is 12.0 Å². The van der Waals surface area contributed by atoms with Gasteiger partial charge in [0.1, 0.15) is 11.6 Å². The maximum absolute atomic E-state index is 13.9. The Kier molecular flexibility index (Phi) is 4.57. The van der Waals surface area contributed by atoms with Crippen LogP contribution in [0.2, 0.25) is 0 Å². The number of likely N-dealkylation sites (tertiary alicyclic amines) is 1. The minimum Gasteiger partial charge on any atom is -0.368 e. The number of nitrogens with zero attached hydrogens (tertiary/aromatic N) is 3. The van der Waals surface area contributed by atoms with Crippen LogP contribution in [0.5, 0.6) is 0 Å². The Balaban J connectivity index is 1.56. The molecule has 5 heteroatoms. The fourth-order valence-electron chi connectivity index (χ4n) is 3.98. The van der Waals surface area contributed by atoms with Crippen LogP contribution in [-0.4, -0.2) is 43.7 Å². The molecule has 0 bridgehead atoms. The Morgan fingerprint density at radius 1 is 0.923 bits per heavy atom. The van der Waals surface area contributed by atoms with Crippen LogP contribution in [0.15, 0.2) is 42.5 Å². The highest BCUT2D eigenvalue weighted by Gasteiger charge is 2.32. The van der Waals surface area contributed by atoms with Crippen molar-refractivity contribution in [1.82, 2.24) is 4.90 Å². The van der Waals surface area contributed by atoms with Crippen LogP contribution in [0.3, 0.4) is 0 Å². The zero-order valence-corrected chi connectivity index (χ0v) is 15.3. The van der Waals surface area contributed by atoms with Crippen molar-refractivity contribution in [3.05, 3.63) is 54.1 Å². The predicted molar refractivity (Wildman–Crippen MR) is 102 cm³/mol. The average Bonchev–Trinajstić information content (AvgIpc) is 2.58. The topological polar surface area (TPSA) is 9.72 Å². The summed E-state index contributed by atoms with van der Waals surface area (Å²) in [5.41, 5.74) is 2.82. The zero-order valence-electron chi connectivity index (χ0n) is 15.3. The number of halogens is 2. The number of fused-ring (bicyclic) bond motifs is 1. The maximum atomic E-state index is 13.9. The number of hydrogen-bond donors (Lipinski definition) is 0. The third-order valence-corrected chi connectivity index (χ3v) is 5.50. The van der Waals surface area contributed by atoms with Crippen LogP contribution in [0.25, 0.3) is 0 Å². The molecule has 4 rings (SSSR count). The van der Waals surface area contributed by atoms with Crippen LogP contribution in [-0.2, 0) is 0 Å². The van der Waals surface area contributed by atoms with Crippen molar-refractivity contribution in [1.29, 1.82) is 0 Å². The van der Waals surface area contributed by atoms with E-state index in [-0.39, 0.29) is 11.6 Å². The summed E-state index contributed by atoms with van der Waals surface area (Å²) in [6.07, 6.45) is 0. The zero-order chi connectivity index (χ0) is 18.3. The van der Waals surface area contributed by atoms with Gasteiger partial charge in [-0.2, -0.15) is 0 Å². The standard InChI is InChI=1S/C21H25F2N3/c1-15(2)25-13-16(14-25)12-24-9-10-26(19-6-3-17(22)4-7-19)21-11-18(23)5-8-20(21)24/h3-8,11,15-16H,9-10,12-14H2,1-2H3. The molecule has 2 aliphatic heterocycles. The summed E-state index contributed by atoms with van der Waals surface area (Å²) >= 11 is 0. The normalized spacial score (nSPS) is 18.2. The van der Waals surface area contributed by atoms with Gasteiger partial charge in [0.05, 0.1) is 11.4 Å². The Bertz CT molecular complexity index is 769. The lowest BCUT2D eigenvalue weighted by molar-refractivity contribution is 0.0716. The first kappa shape index (κ1) is 17.3. The van der Waals surface area contributed by atoms with Gasteiger partial charge in [0, 0.05) is 50.4 Å². The molecule has 0 amide bonds. The molecule has 0 saturated carbocycles. The van der Waals surface area contributed by atoms with E-state index in [1.807, 2.05) is 6.07 Å². The average molecular weight is 357 g/mol. The van der Waals surface area contributed by atoms with Crippen molar-refractivity contribution in [2.45, 2.75) is 19.9 Å². The third kappa shape index (κ3) is 3.28. The van der Waals surface area contributed by atoms with Gasteiger partial charge in [-0.25, -0.2) is 8.78 Å². The van der Waals surface area contributed by atoms with Crippen LogP contribution in [0.4, 0.5) is 25.8 Å². The molecule has 0 atom stereocenters. The molecule has 138 valence electrons. The largest absolute Gasteiger partial charge is 0.368 e. The van der Waals surface area contributed by atoms with Crippen molar-refractivity contribution in [2.24, 2.45) is 5.92 Å². The molecule has 0 N–H and O–H groups in total. The molecule has 0 radical (unpaired) electrons. The summed E-state index contributed by atoms with van der Waals surface area (Å²) in [4.78, 5) is 6.93. The first-order chi connectivity index (χ1) is 12.5. The lowest BCUT2D eigenvalue weighted by Gasteiger charge is -2.46. The second kappa shape index (κ2) is 6.88. The molecule has 2 heterocycles. The van der Waals surface area contributed by atoms with E-state index < -0.39 is 0 Å². The van der Waals surface area contributed by atoms with Crippen molar-refractivity contribution < 1.29 is 8.78 Å². The van der Waals surface area contributed by atoms with Gasteiger partial charge in [0.2, 0.25) is 0 Å². The molecule has 0 unspecified atom stereocenters. The minimum absolute atomic E-state index is 0.243. The molecule has 3 nitrogen and oxygen atoms in total. The molecule has 2 aromatic rings. The highest BCUT2D eigenvalue weighted by molar-refractivity contribution is 5.79. The number of rotatable bonds is 4. The SMILES string of the molecule is CC(C)N1CC(CN2CCN(c3ccc(F)cc3)c3cc(F)ccc32)C1. The van der Waals surface area contributed by atoms with E-state index in [2.05, 4.69) is 28.5 Å². The van der Waals surface area contributed by atoms with Gasteiger partial charge >= 0.3 is 0 Å². The number of benzene rings is 2. The lowest BCUT2D eigenvalue weighted by Crippen LogP contribution is -2.55. The molecular weight excluding hydrogens is 332 g/mol. The summed E-state index contributed by atoms with van der Waals surface area (Å²) in [6, 6.07) is 12.0. The second-order valence-electron chi connectivity index (χ2n) is 7.62. The first-order valence-electron chi connectivity index (χ1n) is 9.33. The monoisotopic (exact) mass is 357 g/mol. The van der Waals surface area contributed by atoms with E-state index in [1.165, 1.54) is 18.2 Å². The van der Waals surface area contributed by atoms with Gasteiger partial charge < -0.3 is 14.7 Å². The number of anilines is 3. The fourth-order valence-corrected chi connectivity index (χ4v) is 3.98. The van der Waals surface area contributed by atoms with Gasteiger partial charge in [0.25, 0.3) is 0 Å². The maximum Gasteiger partial charge on any atom is 0.125 e. The van der Waals surface area contributed by atoms with E-state index in [4.69, 9.17) is 0 Å². The Morgan fingerprint density at radius 2 is 1.62 bits per heavy atom. The highest BCUT2D eigenvalue weighted by atomic mass is 19.1. The van der Waals surface area contributed by atoms with Crippen LogP contribution in [0.1, 0.15) is 13.8 Å². The van der Waals surface area contributed by atoms with E-state index in [9.17, 15) is 8.78 Å². The minimum atomic E-state index is -0.258. The van der Waals surface area contributed by atoms with E-state index in [1.54, 1.807) is 18.2 Å². The van der Waals surface area contributed by atoms with Gasteiger partial charge in [-0.15, -0.1) is 0 Å². The highest BCUT2D eigenvalue weighted by Crippen LogP contribution is 2.39. The second-order valence-corrected chi connectivity index (χ2v) is 7.62. The Hall–Kier alpha value is -2.14. The van der Waals surface area contributed by atoms with Gasteiger partial charge in [-0.05, 0) is 56.3 Å². The van der Waals surface area contributed by atoms with Gasteiger partial charge in [0.15, 0.2) is 0 Å². The van der Waals surface area contributed by atoms with E-state index in [0.717, 1.165) is 49.8 Å². The summed E-state index contributed by atoms with van der Waals surface area (Å²) in [5.74, 6) is 0.159. The molecule has 0 aromatic heterocycles. The van der Waals surface area contributed by atoms with Crippen LogP contribution in [0, 0.1) is 17.6 Å². The quantitative estimate of drug-likeness (QED) is 0.809. The summed E-state index contributed by atoms with van der Waals surface area (Å²) in [7, 11) is 0. The smallest absolute Gasteiger partial charge is 0.125 e. The molecule has 0 aliphatic carbocycles. The van der Waals surface area contributed by atoms with Crippen LogP contribution < -0.4 is 9.80 Å². The molecule has 2 aliphatic rings. The third-order valence-electron chi connectivity index (χ3n) is 5.50. The van der Waals surface area contributed by atoms with Crippen LogP contribution >= 0.6 is 0 Å². The summed E-state index contributed by atoms with van der Waals surface area (Å²) in [5, 5.41) is 0. The Morgan fingerprint density at radius 3 is 2.31 bits per heavy atom. The van der Waals surface area contributed by atoms with Gasteiger partial charge in [-0.3, -0.25) is 0 Å². The molecular formula is C21H25F2N3. The fraction of sp³-hybridized carbons (Fsp3) is 0.429. The van der Waals surface area contributed by atoms with Gasteiger partial charge in [-0.1, -0.05) is 0 Å². The van der Waals surface area contributed by atoms with E-state index >= 15 is 0 Å².